The summed E-state index contributed by atoms with van der Waals surface area (Å²) >= 11 is 0. The van der Waals surface area contributed by atoms with Gasteiger partial charge in [0.15, 0.2) is 0 Å². The summed E-state index contributed by atoms with van der Waals surface area (Å²) in [6.07, 6.45) is -6.36. The van der Waals surface area contributed by atoms with Crippen molar-refractivity contribution in [2.45, 2.75) is 52.1 Å². The van der Waals surface area contributed by atoms with Crippen LogP contribution in [0, 0.1) is 6.57 Å². The summed E-state index contributed by atoms with van der Waals surface area (Å²) in [7, 11) is 0. The van der Waals surface area contributed by atoms with Crippen LogP contribution in [0.3, 0.4) is 0 Å². The van der Waals surface area contributed by atoms with Gasteiger partial charge in [0.05, 0.1) is 19.5 Å². The minimum atomic E-state index is -2.93. The Balaban J connectivity index is 2.00. The molecule has 1 atom stereocenters. The van der Waals surface area contributed by atoms with E-state index in [1.807, 2.05) is 0 Å². The van der Waals surface area contributed by atoms with Crippen molar-refractivity contribution in [3.63, 3.8) is 0 Å². The van der Waals surface area contributed by atoms with Gasteiger partial charge in [-0.1, -0.05) is 30.2 Å². The fraction of sp³-hybridized carbons (Fsp3) is 0.375. The zero-order valence-electron chi connectivity index (χ0n) is 28.5. The van der Waals surface area contributed by atoms with Gasteiger partial charge in [-0.05, 0) is 68.8 Å². The zero-order chi connectivity index (χ0) is 31.7. The number of rotatable bonds is 7. The highest BCUT2D eigenvalue weighted by Gasteiger charge is 2.26. The fourth-order valence-electron chi connectivity index (χ4n) is 2.78. The topological polar surface area (TPSA) is 64.5 Å². The Morgan fingerprint density at radius 3 is 3.07 bits per heavy atom. The summed E-state index contributed by atoms with van der Waals surface area (Å²) in [4.78, 5) is 7.40. The third kappa shape index (κ3) is 3.94. The van der Waals surface area contributed by atoms with Crippen LogP contribution in [-0.2, 0) is 6.37 Å². The predicted octanol–water partition coefficient (Wildman–Crippen LogP) is 5.73. The Bertz CT molecular complexity index is 1630. The van der Waals surface area contributed by atoms with Crippen molar-refractivity contribution in [3.05, 3.63) is 58.8 Å². The first-order chi connectivity index (χ1) is 19.3. The van der Waals surface area contributed by atoms with E-state index in [4.69, 9.17) is 32.3 Å². The second-order valence-electron chi connectivity index (χ2n) is 6.54. The first-order valence-corrected chi connectivity index (χ1v) is 9.28. The number of ether oxygens (including phenoxy) is 1. The van der Waals surface area contributed by atoms with Gasteiger partial charge in [0.1, 0.15) is 5.75 Å². The molecular formula is C24H26N4O2. The van der Waals surface area contributed by atoms with Gasteiger partial charge in [-0.25, -0.2) is 4.85 Å². The molecule has 0 aliphatic heterocycles. The van der Waals surface area contributed by atoms with Crippen LogP contribution in [-0.4, -0.2) is 22.7 Å². The third-order valence-corrected chi connectivity index (χ3v) is 4.05. The molecule has 0 fully saturated rings. The molecule has 3 aromatic rings. The van der Waals surface area contributed by atoms with Gasteiger partial charge in [-0.15, -0.1) is 0 Å². The van der Waals surface area contributed by atoms with E-state index in [-0.39, 0.29) is 23.4 Å². The molecule has 154 valence electrons. The Hall–Kier alpha value is -3.17. The van der Waals surface area contributed by atoms with E-state index < -0.39 is 96.0 Å². The largest absolute Gasteiger partial charge is 0.502 e. The molecule has 0 bridgehead atoms. The van der Waals surface area contributed by atoms with Crippen molar-refractivity contribution < 1.29 is 25.7 Å². The normalized spacial score (nSPS) is 24.8. The van der Waals surface area contributed by atoms with E-state index in [1.165, 1.54) is 6.92 Å². The average molecular weight is 415 g/mol. The maximum absolute atomic E-state index is 8.70. The average Bonchev–Trinajstić information content (AvgIpc) is 3.42. The highest BCUT2D eigenvalue weighted by Crippen LogP contribution is 2.38. The van der Waals surface area contributed by atoms with Crippen LogP contribution in [0.4, 0.5) is 5.69 Å². The van der Waals surface area contributed by atoms with Gasteiger partial charge in [0.2, 0.25) is 11.5 Å². The summed E-state index contributed by atoms with van der Waals surface area (Å²) in [5.41, 5.74) is -2.16. The molecule has 1 aromatic heterocycles. The van der Waals surface area contributed by atoms with E-state index in [0.29, 0.717) is 0 Å². The number of fused-ring (bicyclic) bond motifs is 1. The van der Waals surface area contributed by atoms with Crippen molar-refractivity contribution in [2.24, 2.45) is 0 Å². The first kappa shape index (κ1) is 10.2. The number of nitrogens with one attached hydrogen (secondary N) is 1. The SMILES string of the molecule is [2H]c1c([2H])c(-c2noc(-c3c([2H])c([2H])c(OC(C)C)c([N+]#[C-])c3[2H])n2)c2c(c1[2H])[C@@H](NC([2H])([2H])CC)C([2H])([2H])C2([2H])[2H]. The van der Waals surface area contributed by atoms with E-state index >= 15 is 0 Å². The van der Waals surface area contributed by atoms with Gasteiger partial charge in [0, 0.05) is 26.8 Å². The molecule has 0 saturated carbocycles. The summed E-state index contributed by atoms with van der Waals surface area (Å²) in [6.45, 7) is 10.1. The molecule has 0 unspecified atom stereocenters. The van der Waals surface area contributed by atoms with Crippen molar-refractivity contribution in [1.29, 1.82) is 0 Å². The second-order valence-corrected chi connectivity index (χ2v) is 6.54. The summed E-state index contributed by atoms with van der Waals surface area (Å²) in [5, 5.41) is 6.20. The molecule has 6 heteroatoms. The van der Waals surface area contributed by atoms with E-state index in [2.05, 4.69) is 20.3 Å². The Labute approximate surface area is 193 Å². The van der Waals surface area contributed by atoms with Crippen LogP contribution >= 0.6 is 0 Å². The summed E-state index contributed by atoms with van der Waals surface area (Å²) in [5.74, 6) is -1.31. The van der Waals surface area contributed by atoms with Crippen LogP contribution < -0.4 is 10.1 Å². The molecular weight excluding hydrogens is 376 g/mol. The van der Waals surface area contributed by atoms with Gasteiger partial charge >= 0.3 is 0 Å². The molecule has 1 aliphatic carbocycles. The maximum atomic E-state index is 8.70. The van der Waals surface area contributed by atoms with Crippen LogP contribution in [0.2, 0.25) is 0 Å². The lowest BCUT2D eigenvalue weighted by Crippen LogP contribution is -2.19. The molecule has 1 aliphatic rings. The van der Waals surface area contributed by atoms with Gasteiger partial charge < -0.3 is 14.6 Å². The molecule has 0 saturated heterocycles. The minimum absolute atomic E-state index is 0.118. The first-order valence-electron chi connectivity index (χ1n) is 15.3. The molecule has 0 amide bonds. The minimum Gasteiger partial charge on any atom is -0.502 e. The van der Waals surface area contributed by atoms with Crippen LogP contribution in [0.1, 0.15) is 67.2 Å². The molecule has 4 rings (SSSR count). The lowest BCUT2D eigenvalue weighted by molar-refractivity contribution is 0.244. The maximum Gasteiger partial charge on any atom is 0.256 e. The third-order valence-electron chi connectivity index (χ3n) is 4.05. The second kappa shape index (κ2) is 8.68. The number of hydrogen-bond acceptors (Lipinski definition) is 5. The van der Waals surface area contributed by atoms with Gasteiger partial charge in [0.25, 0.3) is 5.89 Å². The van der Waals surface area contributed by atoms with Gasteiger partial charge in [-0.2, -0.15) is 4.98 Å². The number of hydrogen-bond donors (Lipinski definition) is 1. The van der Waals surface area contributed by atoms with Crippen LogP contribution in [0.15, 0.2) is 40.8 Å². The van der Waals surface area contributed by atoms with Gasteiger partial charge in [-0.3, -0.25) is 0 Å². The fourth-order valence-corrected chi connectivity index (χ4v) is 2.78. The highest BCUT2D eigenvalue weighted by atomic mass is 16.5. The Morgan fingerprint density at radius 1 is 1.43 bits per heavy atom. The molecule has 30 heavy (non-hydrogen) atoms. The van der Waals surface area contributed by atoms with E-state index in [1.54, 1.807) is 13.8 Å². The summed E-state index contributed by atoms with van der Waals surface area (Å²) < 4.78 is 112. The van der Waals surface area contributed by atoms with Crippen LogP contribution in [0.25, 0.3) is 27.7 Å². The van der Waals surface area contributed by atoms with E-state index in [0.717, 1.165) is 0 Å². The zero-order valence-corrected chi connectivity index (χ0v) is 16.5. The smallest absolute Gasteiger partial charge is 0.256 e. The van der Waals surface area contributed by atoms with Crippen molar-refractivity contribution in [3.8, 4) is 28.6 Å². The van der Waals surface area contributed by atoms with Crippen molar-refractivity contribution in [1.82, 2.24) is 15.5 Å². The Morgan fingerprint density at radius 2 is 2.30 bits per heavy atom. The predicted molar refractivity (Wildman–Crippen MR) is 117 cm³/mol. The molecule has 2 aromatic carbocycles. The van der Waals surface area contributed by atoms with E-state index in [9.17, 15) is 0 Å². The number of benzene rings is 2. The molecule has 6 nitrogen and oxygen atoms in total. The lowest BCUT2D eigenvalue weighted by atomic mass is 10.0. The molecule has 1 N–H and O–H groups in total. The molecule has 0 radical (unpaired) electrons. The van der Waals surface area contributed by atoms with Crippen molar-refractivity contribution >= 4 is 5.69 Å². The van der Waals surface area contributed by atoms with Crippen LogP contribution in [0.5, 0.6) is 5.75 Å². The molecule has 0 spiro atoms. The lowest BCUT2D eigenvalue weighted by Gasteiger charge is -2.13. The number of nitrogens with zero attached hydrogens (tertiary/aromatic N) is 3. The quantitative estimate of drug-likeness (QED) is 0.500. The number of aromatic nitrogens is 2. The monoisotopic (exact) mass is 414 g/mol. The summed E-state index contributed by atoms with van der Waals surface area (Å²) in [6, 6.07) is -5.46. The van der Waals surface area contributed by atoms with Crippen molar-refractivity contribution in [2.75, 3.05) is 6.50 Å². The Kier molecular flexibility index (Phi) is 2.96. The highest BCUT2D eigenvalue weighted by molar-refractivity contribution is 5.70. The standard InChI is InChI=1S/C24H26N4O2/c1-5-13-26-20-11-10-17-18(20)7-6-8-19(17)23-27-24(30-28-23)16-9-12-22(29-15(2)3)21(14-16)25-4/h6-9,12,14-15,20,26H,5,10-11,13H2,1-3H3/t20-/m0/s1/i6D,7D,8D,9D,10D2,11D2,12D,13D2,14D. The molecule has 1 heterocycles.